The van der Waals surface area contributed by atoms with Crippen LogP contribution in [0.3, 0.4) is 0 Å². The maximum absolute atomic E-state index is 12.4. The number of carbonyl (C=O) groups excluding carboxylic acids is 1. The lowest BCUT2D eigenvalue weighted by molar-refractivity contribution is -0.120. The van der Waals surface area contributed by atoms with Gasteiger partial charge in [-0.15, -0.1) is 0 Å². The Labute approximate surface area is 181 Å². The Morgan fingerprint density at radius 2 is 1.90 bits per heavy atom. The Balaban J connectivity index is 1.79. The van der Waals surface area contributed by atoms with E-state index < -0.39 is 9.84 Å². The van der Waals surface area contributed by atoms with Gasteiger partial charge in [-0.1, -0.05) is 37.2 Å². The molecule has 0 spiro atoms. The van der Waals surface area contributed by atoms with Gasteiger partial charge in [-0.25, -0.2) is 8.42 Å². The minimum absolute atomic E-state index is 0.0849. The Bertz CT molecular complexity index is 942. The lowest BCUT2D eigenvalue weighted by Gasteiger charge is -2.34. The molecule has 1 aromatic rings. The second-order valence-electron chi connectivity index (χ2n) is 8.24. The van der Waals surface area contributed by atoms with Crippen LogP contribution >= 0.6 is 23.4 Å². The molecule has 29 heavy (non-hydrogen) atoms. The Morgan fingerprint density at radius 3 is 2.59 bits per heavy atom. The van der Waals surface area contributed by atoms with Crippen LogP contribution in [0.15, 0.2) is 23.2 Å². The molecule has 0 saturated carbocycles. The molecule has 1 aromatic carbocycles. The number of hydrogen-bond acceptors (Lipinski definition) is 5. The minimum atomic E-state index is -3.10. The summed E-state index contributed by atoms with van der Waals surface area (Å²) in [7, 11) is -3.10. The lowest BCUT2D eigenvalue weighted by atomic mass is 10.1. The van der Waals surface area contributed by atoms with Gasteiger partial charge in [0.1, 0.15) is 0 Å². The molecule has 3 aliphatic rings. The van der Waals surface area contributed by atoms with E-state index in [0.717, 1.165) is 37.3 Å². The van der Waals surface area contributed by atoms with Crippen molar-refractivity contribution in [3.63, 3.8) is 0 Å². The Hall–Kier alpha value is -1.25. The lowest BCUT2D eigenvalue weighted by Crippen LogP contribution is -2.40. The highest BCUT2D eigenvalue weighted by Crippen LogP contribution is 2.45. The number of amidine groups is 1. The number of nitrogens with zero attached hydrogens (tertiary/aromatic N) is 3. The molecule has 3 heterocycles. The topological polar surface area (TPSA) is 70.0 Å². The molecule has 6 nitrogen and oxygen atoms in total. The fraction of sp³-hybridized carbons (Fsp3) is 0.600. The highest BCUT2D eigenvalue weighted by molar-refractivity contribution is 8.16. The number of benzene rings is 1. The molecule has 0 aromatic heterocycles. The molecule has 2 atom stereocenters. The molecule has 0 aliphatic carbocycles. The maximum atomic E-state index is 12.4. The van der Waals surface area contributed by atoms with Crippen LogP contribution in [0.1, 0.15) is 33.1 Å². The number of thioether (sulfide) groups is 1. The summed E-state index contributed by atoms with van der Waals surface area (Å²) in [5.74, 6) is -0.183. The van der Waals surface area contributed by atoms with E-state index in [1.165, 1.54) is 18.2 Å². The molecule has 0 N–H and O–H groups in total. The predicted octanol–water partition coefficient (Wildman–Crippen LogP) is 3.59. The fourth-order valence-electron chi connectivity index (χ4n) is 4.16. The smallest absolute Gasteiger partial charge is 0.250 e. The van der Waals surface area contributed by atoms with E-state index in [4.69, 9.17) is 11.6 Å². The number of amides is 1. The number of rotatable bonds is 3. The molecular weight excluding hydrogens is 430 g/mol. The quantitative estimate of drug-likeness (QED) is 0.693. The molecule has 9 heteroatoms. The van der Waals surface area contributed by atoms with Crippen molar-refractivity contribution in [1.29, 1.82) is 0 Å². The summed E-state index contributed by atoms with van der Waals surface area (Å²) in [6.45, 7) is 5.53. The molecule has 3 aliphatic heterocycles. The Kier molecular flexibility index (Phi) is 5.88. The van der Waals surface area contributed by atoms with Crippen LogP contribution in [0.4, 0.5) is 11.4 Å². The van der Waals surface area contributed by atoms with Crippen molar-refractivity contribution in [3.05, 3.63) is 23.2 Å². The molecule has 158 valence electrons. The van der Waals surface area contributed by atoms with E-state index in [2.05, 4.69) is 9.89 Å². The fourth-order valence-corrected chi connectivity index (χ4v) is 8.24. The van der Waals surface area contributed by atoms with E-state index in [0.29, 0.717) is 10.2 Å². The van der Waals surface area contributed by atoms with Gasteiger partial charge in [-0.05, 0) is 37.5 Å². The number of hydrogen-bond donors (Lipinski definition) is 0. The first kappa shape index (κ1) is 21.0. The van der Waals surface area contributed by atoms with Crippen LogP contribution in [0.5, 0.6) is 0 Å². The van der Waals surface area contributed by atoms with Gasteiger partial charge in [0, 0.05) is 29.3 Å². The first-order chi connectivity index (χ1) is 13.7. The van der Waals surface area contributed by atoms with Crippen LogP contribution in [0.25, 0.3) is 0 Å². The number of piperidine rings is 1. The van der Waals surface area contributed by atoms with Gasteiger partial charge in [-0.2, -0.15) is 4.99 Å². The molecule has 1 amide bonds. The zero-order valence-corrected chi connectivity index (χ0v) is 19.1. The van der Waals surface area contributed by atoms with E-state index in [9.17, 15) is 13.2 Å². The van der Waals surface area contributed by atoms with Gasteiger partial charge >= 0.3 is 0 Å². The van der Waals surface area contributed by atoms with Gasteiger partial charge in [0.15, 0.2) is 15.0 Å². The monoisotopic (exact) mass is 455 g/mol. The van der Waals surface area contributed by atoms with Gasteiger partial charge in [0.2, 0.25) is 0 Å². The second kappa shape index (κ2) is 8.12. The normalized spacial score (nSPS) is 27.7. The first-order valence-corrected chi connectivity index (χ1v) is 13.2. The summed E-state index contributed by atoms with van der Waals surface area (Å²) >= 11 is 7.75. The summed E-state index contributed by atoms with van der Waals surface area (Å²) in [6, 6.07) is 5.50. The second-order valence-corrected chi connectivity index (χ2v) is 12.0. The zero-order chi connectivity index (χ0) is 20.8. The van der Waals surface area contributed by atoms with Crippen LogP contribution in [0, 0.1) is 5.92 Å². The van der Waals surface area contributed by atoms with E-state index in [1.54, 1.807) is 0 Å². The van der Waals surface area contributed by atoms with Crippen molar-refractivity contribution < 1.29 is 13.2 Å². The third kappa shape index (κ3) is 4.30. The first-order valence-electron chi connectivity index (χ1n) is 10.1. The minimum Gasteiger partial charge on any atom is -0.370 e. The third-order valence-corrected chi connectivity index (χ3v) is 9.10. The summed E-state index contributed by atoms with van der Waals surface area (Å²) in [4.78, 5) is 21.1. The van der Waals surface area contributed by atoms with Crippen LogP contribution in [-0.4, -0.2) is 55.4 Å². The number of halogens is 1. The molecule has 3 saturated heterocycles. The number of anilines is 2. The summed E-state index contributed by atoms with van der Waals surface area (Å²) < 4.78 is 24.6. The van der Waals surface area contributed by atoms with E-state index >= 15 is 0 Å². The molecule has 2 unspecified atom stereocenters. The van der Waals surface area contributed by atoms with Gasteiger partial charge in [0.25, 0.3) is 5.91 Å². The van der Waals surface area contributed by atoms with Gasteiger partial charge < -0.3 is 9.80 Å². The summed E-state index contributed by atoms with van der Waals surface area (Å²) in [5.41, 5.74) is 1.89. The average Bonchev–Trinajstić information content (AvgIpc) is 3.13. The summed E-state index contributed by atoms with van der Waals surface area (Å²) in [5, 5.41) is 1.14. The van der Waals surface area contributed by atoms with Gasteiger partial charge in [0.05, 0.1) is 28.9 Å². The van der Waals surface area contributed by atoms with Crippen LogP contribution in [-0.2, 0) is 14.6 Å². The number of sulfone groups is 1. The SMILES string of the molecule is CC(C)C(=O)N=C1SC2CS(=O)(=O)CC2N1c1ccc(Cl)cc1N1CCCCC1. The molecule has 4 rings (SSSR count). The predicted molar refractivity (Wildman–Crippen MR) is 121 cm³/mol. The van der Waals surface area contributed by atoms with Crippen LogP contribution < -0.4 is 9.80 Å². The van der Waals surface area contributed by atoms with Crippen LogP contribution in [0.2, 0.25) is 5.02 Å². The maximum Gasteiger partial charge on any atom is 0.250 e. The number of carbonyl (C=O) groups is 1. The zero-order valence-electron chi connectivity index (χ0n) is 16.7. The molecule has 0 bridgehead atoms. The van der Waals surface area contributed by atoms with Crippen molar-refractivity contribution in [2.75, 3.05) is 34.4 Å². The summed E-state index contributed by atoms with van der Waals surface area (Å²) in [6.07, 6.45) is 3.45. The molecule has 3 fully saturated rings. The van der Waals surface area contributed by atoms with Crippen molar-refractivity contribution in [2.24, 2.45) is 10.9 Å². The molecule has 0 radical (unpaired) electrons. The van der Waals surface area contributed by atoms with E-state index in [-0.39, 0.29) is 34.6 Å². The highest BCUT2D eigenvalue weighted by Gasteiger charge is 2.50. The van der Waals surface area contributed by atoms with Crippen molar-refractivity contribution >= 4 is 55.6 Å². The van der Waals surface area contributed by atoms with Crippen molar-refractivity contribution in [1.82, 2.24) is 0 Å². The number of aliphatic imine (C=N–C) groups is 1. The number of fused-ring (bicyclic) bond motifs is 1. The van der Waals surface area contributed by atoms with Crippen molar-refractivity contribution in [2.45, 2.75) is 44.4 Å². The average molecular weight is 456 g/mol. The highest BCUT2D eigenvalue weighted by atomic mass is 35.5. The van der Waals surface area contributed by atoms with Gasteiger partial charge in [-0.3, -0.25) is 4.79 Å². The largest absolute Gasteiger partial charge is 0.370 e. The molecular formula is C20H26ClN3O3S2. The van der Waals surface area contributed by atoms with E-state index in [1.807, 2.05) is 36.9 Å². The standard InChI is InChI=1S/C20H26ClN3O3S2/c1-13(2)19(25)22-20-24(17-11-29(26,27)12-18(17)28-20)15-7-6-14(21)10-16(15)23-8-4-3-5-9-23/h6-7,10,13,17-18H,3-5,8-9,11-12H2,1-2H3. The Morgan fingerprint density at radius 1 is 1.17 bits per heavy atom. The third-order valence-electron chi connectivity index (χ3n) is 5.66. The van der Waals surface area contributed by atoms with Crippen molar-refractivity contribution in [3.8, 4) is 0 Å².